The molecule has 2 aliphatic rings. The maximum atomic E-state index is 5.70. The third-order valence-corrected chi connectivity index (χ3v) is 5.45. The topological polar surface area (TPSA) is 33.7 Å². The molecule has 1 N–H and O–H groups in total. The van der Waals surface area contributed by atoms with E-state index in [9.17, 15) is 0 Å². The lowest BCUT2D eigenvalue weighted by molar-refractivity contribution is 0.00977. The highest BCUT2D eigenvalue weighted by atomic mass is 16.5. The largest absolute Gasteiger partial charge is 0.382 e. The molecule has 1 saturated heterocycles. The molecular weight excluding hydrogens is 264 g/mol. The van der Waals surface area contributed by atoms with Crippen LogP contribution in [0.3, 0.4) is 0 Å². The van der Waals surface area contributed by atoms with E-state index in [2.05, 4.69) is 31.0 Å². The van der Waals surface area contributed by atoms with Crippen LogP contribution in [0.25, 0.3) is 0 Å². The summed E-state index contributed by atoms with van der Waals surface area (Å²) in [5.41, 5.74) is 0.316. The maximum absolute atomic E-state index is 5.70. The lowest BCUT2D eigenvalue weighted by atomic mass is 9.87. The molecule has 0 aromatic carbocycles. The SMILES string of the molecule is CCC(C)C1CNC(C)(C2CC2)CN1CCOCCOC. The summed E-state index contributed by atoms with van der Waals surface area (Å²) >= 11 is 0. The molecule has 1 heterocycles. The van der Waals surface area contributed by atoms with Crippen LogP contribution in [0.1, 0.15) is 40.0 Å². The van der Waals surface area contributed by atoms with Crippen molar-refractivity contribution in [1.82, 2.24) is 10.2 Å². The molecule has 3 atom stereocenters. The number of hydrogen-bond acceptors (Lipinski definition) is 4. The van der Waals surface area contributed by atoms with Gasteiger partial charge < -0.3 is 14.8 Å². The molecule has 124 valence electrons. The summed E-state index contributed by atoms with van der Waals surface area (Å²) in [5.74, 6) is 1.62. The van der Waals surface area contributed by atoms with E-state index in [0.717, 1.165) is 31.5 Å². The molecule has 1 saturated carbocycles. The summed E-state index contributed by atoms with van der Waals surface area (Å²) in [6.07, 6.45) is 4.04. The highest BCUT2D eigenvalue weighted by molar-refractivity contribution is 5.04. The number of methoxy groups -OCH3 is 1. The van der Waals surface area contributed by atoms with Crippen molar-refractivity contribution in [3.63, 3.8) is 0 Å². The zero-order chi connectivity index (χ0) is 15.3. The Hall–Kier alpha value is -0.160. The number of ether oxygens (including phenoxy) is 2. The van der Waals surface area contributed by atoms with Gasteiger partial charge in [0.2, 0.25) is 0 Å². The molecule has 0 spiro atoms. The van der Waals surface area contributed by atoms with Gasteiger partial charge in [0.25, 0.3) is 0 Å². The van der Waals surface area contributed by atoms with E-state index in [1.54, 1.807) is 7.11 Å². The van der Waals surface area contributed by atoms with E-state index in [4.69, 9.17) is 9.47 Å². The van der Waals surface area contributed by atoms with E-state index >= 15 is 0 Å². The number of nitrogens with one attached hydrogen (secondary N) is 1. The zero-order valence-electron chi connectivity index (χ0n) is 14.4. The fourth-order valence-corrected chi connectivity index (χ4v) is 3.56. The lowest BCUT2D eigenvalue weighted by Crippen LogP contribution is -2.65. The summed E-state index contributed by atoms with van der Waals surface area (Å²) in [4.78, 5) is 2.68. The van der Waals surface area contributed by atoms with Crippen LogP contribution >= 0.6 is 0 Å². The molecule has 2 rings (SSSR count). The molecule has 3 unspecified atom stereocenters. The molecule has 0 aromatic heterocycles. The summed E-state index contributed by atoms with van der Waals surface area (Å²) in [7, 11) is 1.72. The van der Waals surface area contributed by atoms with E-state index in [-0.39, 0.29) is 0 Å². The second kappa shape index (κ2) is 7.91. The molecule has 4 nitrogen and oxygen atoms in total. The quantitative estimate of drug-likeness (QED) is 0.661. The Bertz CT molecular complexity index is 309. The van der Waals surface area contributed by atoms with Crippen molar-refractivity contribution < 1.29 is 9.47 Å². The van der Waals surface area contributed by atoms with Crippen molar-refractivity contribution in [2.75, 3.05) is 46.6 Å². The van der Waals surface area contributed by atoms with Crippen molar-refractivity contribution in [3.05, 3.63) is 0 Å². The zero-order valence-corrected chi connectivity index (χ0v) is 14.4. The Balaban J connectivity index is 1.86. The fourth-order valence-electron chi connectivity index (χ4n) is 3.56. The van der Waals surface area contributed by atoms with Gasteiger partial charge >= 0.3 is 0 Å². The highest BCUT2D eigenvalue weighted by Gasteiger charge is 2.46. The lowest BCUT2D eigenvalue weighted by Gasteiger charge is -2.48. The van der Waals surface area contributed by atoms with E-state index in [1.807, 2.05) is 0 Å². The molecule has 0 bridgehead atoms. The van der Waals surface area contributed by atoms with E-state index in [1.165, 1.54) is 25.8 Å². The Morgan fingerprint density at radius 1 is 1.29 bits per heavy atom. The van der Waals surface area contributed by atoms with Gasteiger partial charge in [-0.25, -0.2) is 0 Å². The molecular formula is C17H34N2O2. The molecule has 4 heteroatoms. The summed E-state index contributed by atoms with van der Waals surface area (Å²) in [6.45, 7) is 12.6. The third-order valence-electron chi connectivity index (χ3n) is 5.45. The smallest absolute Gasteiger partial charge is 0.0700 e. The van der Waals surface area contributed by atoms with Gasteiger partial charge in [-0.15, -0.1) is 0 Å². The fraction of sp³-hybridized carbons (Fsp3) is 1.00. The molecule has 21 heavy (non-hydrogen) atoms. The normalized spacial score (nSPS) is 32.3. The maximum Gasteiger partial charge on any atom is 0.0700 e. The van der Waals surface area contributed by atoms with Crippen LogP contribution < -0.4 is 5.32 Å². The predicted molar refractivity (Wildman–Crippen MR) is 86.6 cm³/mol. The first-order valence-electron chi connectivity index (χ1n) is 8.66. The van der Waals surface area contributed by atoms with Crippen LogP contribution in [0, 0.1) is 11.8 Å². The molecule has 1 aliphatic carbocycles. The van der Waals surface area contributed by atoms with Gasteiger partial charge in [0, 0.05) is 38.3 Å². The number of piperazine rings is 1. The van der Waals surface area contributed by atoms with Gasteiger partial charge in [-0.2, -0.15) is 0 Å². The van der Waals surface area contributed by atoms with Gasteiger partial charge in [-0.1, -0.05) is 20.3 Å². The number of nitrogens with zero attached hydrogens (tertiary/aromatic N) is 1. The van der Waals surface area contributed by atoms with Crippen molar-refractivity contribution in [2.45, 2.75) is 51.6 Å². The van der Waals surface area contributed by atoms with Gasteiger partial charge in [-0.3, -0.25) is 4.90 Å². The standard InChI is InChI=1S/C17H34N2O2/c1-5-14(2)16-12-18-17(3,15-6-7-15)13-19(16)8-9-21-11-10-20-4/h14-16,18H,5-13H2,1-4H3. The van der Waals surface area contributed by atoms with Crippen molar-refractivity contribution >= 4 is 0 Å². The van der Waals surface area contributed by atoms with Crippen LogP contribution in [-0.4, -0.2) is 63.0 Å². The van der Waals surface area contributed by atoms with Gasteiger partial charge in [0.1, 0.15) is 0 Å². The third kappa shape index (κ3) is 4.65. The first-order valence-corrected chi connectivity index (χ1v) is 8.66. The number of rotatable bonds is 9. The highest BCUT2D eigenvalue weighted by Crippen LogP contribution is 2.41. The number of hydrogen-bond donors (Lipinski definition) is 1. The van der Waals surface area contributed by atoms with Gasteiger partial charge in [0.05, 0.1) is 19.8 Å². The van der Waals surface area contributed by atoms with Crippen molar-refractivity contribution in [3.8, 4) is 0 Å². The van der Waals surface area contributed by atoms with Gasteiger partial charge in [0.15, 0.2) is 0 Å². The molecule has 1 aliphatic heterocycles. The molecule has 0 radical (unpaired) electrons. The van der Waals surface area contributed by atoms with Gasteiger partial charge in [-0.05, 0) is 31.6 Å². The second-order valence-corrected chi connectivity index (χ2v) is 7.10. The minimum Gasteiger partial charge on any atom is -0.382 e. The molecule has 0 amide bonds. The summed E-state index contributed by atoms with van der Waals surface area (Å²) in [5, 5.41) is 3.86. The van der Waals surface area contributed by atoms with Crippen LogP contribution in [0.4, 0.5) is 0 Å². The first kappa shape index (κ1) is 17.2. The second-order valence-electron chi connectivity index (χ2n) is 7.10. The predicted octanol–water partition coefficient (Wildman–Crippen LogP) is 2.14. The van der Waals surface area contributed by atoms with Crippen LogP contribution in [0.5, 0.6) is 0 Å². The van der Waals surface area contributed by atoms with E-state index in [0.29, 0.717) is 24.8 Å². The minimum absolute atomic E-state index is 0.316. The van der Waals surface area contributed by atoms with Crippen LogP contribution in [0.2, 0.25) is 0 Å². The average molecular weight is 298 g/mol. The van der Waals surface area contributed by atoms with E-state index < -0.39 is 0 Å². The van der Waals surface area contributed by atoms with Crippen molar-refractivity contribution in [2.24, 2.45) is 11.8 Å². The monoisotopic (exact) mass is 298 g/mol. The summed E-state index contributed by atoms with van der Waals surface area (Å²) in [6, 6.07) is 0.646. The molecule has 0 aromatic rings. The van der Waals surface area contributed by atoms with Crippen LogP contribution in [0.15, 0.2) is 0 Å². The van der Waals surface area contributed by atoms with Crippen molar-refractivity contribution in [1.29, 1.82) is 0 Å². The Morgan fingerprint density at radius 2 is 2.05 bits per heavy atom. The summed E-state index contributed by atoms with van der Waals surface area (Å²) < 4.78 is 10.7. The Kier molecular flexibility index (Phi) is 6.48. The first-order chi connectivity index (χ1) is 10.1. The molecule has 2 fully saturated rings. The Morgan fingerprint density at radius 3 is 2.67 bits per heavy atom. The average Bonchev–Trinajstić information content (AvgIpc) is 3.31. The minimum atomic E-state index is 0.316. The van der Waals surface area contributed by atoms with Crippen LogP contribution in [-0.2, 0) is 9.47 Å². The Labute approximate surface area is 130 Å².